The van der Waals surface area contributed by atoms with Gasteiger partial charge in [0.15, 0.2) is 0 Å². The SMILES string of the molecule is CCN1CCN(Cc2nc(C3CCC3)c(C(=O)O)s2)CC1. The molecule has 0 unspecified atom stereocenters. The average molecular weight is 309 g/mol. The fraction of sp³-hybridized carbons (Fsp3) is 0.733. The van der Waals surface area contributed by atoms with Gasteiger partial charge in [0.2, 0.25) is 0 Å². The van der Waals surface area contributed by atoms with E-state index < -0.39 is 5.97 Å². The highest BCUT2D eigenvalue weighted by Crippen LogP contribution is 2.39. The van der Waals surface area contributed by atoms with Gasteiger partial charge in [0.25, 0.3) is 0 Å². The summed E-state index contributed by atoms with van der Waals surface area (Å²) in [5.74, 6) is -0.422. The molecule has 0 aromatic carbocycles. The smallest absolute Gasteiger partial charge is 0.347 e. The first-order valence-corrected chi connectivity index (χ1v) is 8.66. The van der Waals surface area contributed by atoms with Crippen molar-refractivity contribution in [3.05, 3.63) is 15.6 Å². The molecular formula is C15H23N3O2S. The van der Waals surface area contributed by atoms with Crippen LogP contribution in [0.1, 0.15) is 52.5 Å². The van der Waals surface area contributed by atoms with Gasteiger partial charge < -0.3 is 10.0 Å². The molecule has 0 atom stereocenters. The van der Waals surface area contributed by atoms with Crippen LogP contribution in [0.4, 0.5) is 0 Å². The highest BCUT2D eigenvalue weighted by Gasteiger charge is 2.29. The van der Waals surface area contributed by atoms with Crippen LogP contribution in [0.3, 0.4) is 0 Å². The van der Waals surface area contributed by atoms with E-state index in [2.05, 4.69) is 21.7 Å². The molecule has 1 aromatic rings. The van der Waals surface area contributed by atoms with E-state index in [9.17, 15) is 9.90 Å². The summed E-state index contributed by atoms with van der Waals surface area (Å²) in [6, 6.07) is 0. The van der Waals surface area contributed by atoms with Crippen LogP contribution >= 0.6 is 11.3 Å². The Morgan fingerprint density at radius 3 is 2.48 bits per heavy atom. The van der Waals surface area contributed by atoms with E-state index >= 15 is 0 Å². The minimum absolute atomic E-state index is 0.387. The molecule has 1 saturated carbocycles. The third-order valence-electron chi connectivity index (χ3n) is 4.65. The molecule has 0 radical (unpaired) electrons. The summed E-state index contributed by atoms with van der Waals surface area (Å²) in [5.41, 5.74) is 0.848. The van der Waals surface area contributed by atoms with Crippen molar-refractivity contribution in [1.29, 1.82) is 0 Å². The lowest BCUT2D eigenvalue weighted by Gasteiger charge is -2.33. The van der Waals surface area contributed by atoms with E-state index in [-0.39, 0.29) is 0 Å². The zero-order valence-electron chi connectivity index (χ0n) is 12.5. The van der Waals surface area contributed by atoms with E-state index in [0.29, 0.717) is 10.8 Å². The molecule has 0 amide bonds. The largest absolute Gasteiger partial charge is 0.477 e. The molecular weight excluding hydrogens is 286 g/mol. The standard InChI is InChI=1S/C15H23N3O2S/c1-2-17-6-8-18(9-7-17)10-12-16-13(11-4-3-5-11)14(21-12)15(19)20/h11H,2-10H2,1H3,(H,19,20). The van der Waals surface area contributed by atoms with Gasteiger partial charge in [-0.3, -0.25) is 4.90 Å². The molecule has 2 aliphatic rings. The minimum atomic E-state index is -0.809. The number of hydrogen-bond donors (Lipinski definition) is 1. The summed E-state index contributed by atoms with van der Waals surface area (Å²) in [7, 11) is 0. The topological polar surface area (TPSA) is 56.7 Å². The summed E-state index contributed by atoms with van der Waals surface area (Å²) in [6.45, 7) is 8.41. The number of piperazine rings is 1. The third kappa shape index (κ3) is 3.27. The van der Waals surface area contributed by atoms with E-state index in [1.807, 2.05) is 0 Å². The summed E-state index contributed by atoms with van der Waals surface area (Å²) in [6.07, 6.45) is 3.40. The maximum absolute atomic E-state index is 11.4. The molecule has 3 rings (SSSR count). The van der Waals surface area contributed by atoms with Gasteiger partial charge in [-0.15, -0.1) is 11.3 Å². The second kappa shape index (κ2) is 6.42. The maximum Gasteiger partial charge on any atom is 0.347 e. The van der Waals surface area contributed by atoms with Crippen LogP contribution in [-0.4, -0.2) is 58.6 Å². The highest BCUT2D eigenvalue weighted by atomic mass is 32.1. The van der Waals surface area contributed by atoms with E-state index in [0.717, 1.165) is 62.8 Å². The molecule has 2 fully saturated rings. The summed E-state index contributed by atoms with van der Waals surface area (Å²) < 4.78 is 0. The van der Waals surface area contributed by atoms with Gasteiger partial charge in [-0.2, -0.15) is 0 Å². The Labute approximate surface area is 129 Å². The van der Waals surface area contributed by atoms with Crippen molar-refractivity contribution in [3.63, 3.8) is 0 Å². The Morgan fingerprint density at radius 1 is 1.29 bits per heavy atom. The van der Waals surface area contributed by atoms with Crippen molar-refractivity contribution in [2.45, 2.75) is 38.6 Å². The molecule has 5 nitrogen and oxygen atoms in total. The molecule has 1 aromatic heterocycles. The molecule has 1 aliphatic heterocycles. The van der Waals surface area contributed by atoms with E-state index in [1.54, 1.807) is 0 Å². The number of likely N-dealkylation sites (N-methyl/N-ethyl adjacent to an activating group) is 1. The zero-order chi connectivity index (χ0) is 14.8. The molecule has 2 heterocycles. The Morgan fingerprint density at radius 2 is 1.95 bits per heavy atom. The second-order valence-corrected chi connectivity index (χ2v) is 7.05. The summed E-state index contributed by atoms with van der Waals surface area (Å²) in [4.78, 5) is 21.4. The predicted octanol–water partition coefficient (Wildman–Crippen LogP) is 2.25. The summed E-state index contributed by atoms with van der Waals surface area (Å²) in [5, 5.41) is 10.3. The molecule has 1 saturated heterocycles. The molecule has 21 heavy (non-hydrogen) atoms. The van der Waals surface area contributed by atoms with E-state index in [4.69, 9.17) is 0 Å². The van der Waals surface area contributed by atoms with Gasteiger partial charge >= 0.3 is 5.97 Å². The second-order valence-electron chi connectivity index (χ2n) is 5.97. The molecule has 0 bridgehead atoms. The zero-order valence-corrected chi connectivity index (χ0v) is 13.4. The van der Waals surface area contributed by atoms with Crippen molar-refractivity contribution in [2.24, 2.45) is 0 Å². The monoisotopic (exact) mass is 309 g/mol. The van der Waals surface area contributed by atoms with Crippen molar-refractivity contribution < 1.29 is 9.90 Å². The van der Waals surface area contributed by atoms with Crippen LogP contribution in [0.25, 0.3) is 0 Å². The molecule has 6 heteroatoms. The third-order valence-corrected chi connectivity index (χ3v) is 5.70. The first kappa shape index (κ1) is 14.9. The fourth-order valence-corrected chi connectivity index (χ4v) is 4.04. The highest BCUT2D eigenvalue weighted by molar-refractivity contribution is 7.13. The number of carboxylic acid groups (broad SMARTS) is 1. The Balaban J connectivity index is 1.67. The number of thiazole rings is 1. The van der Waals surface area contributed by atoms with Crippen LogP contribution < -0.4 is 0 Å². The normalized spacial score (nSPS) is 21.4. The lowest BCUT2D eigenvalue weighted by Crippen LogP contribution is -2.45. The van der Waals surface area contributed by atoms with Crippen LogP contribution in [0.15, 0.2) is 0 Å². The fourth-order valence-electron chi connectivity index (χ4n) is 3.01. The number of rotatable bonds is 5. The first-order valence-electron chi connectivity index (χ1n) is 7.85. The molecule has 116 valence electrons. The number of carboxylic acids is 1. The number of nitrogens with zero attached hydrogens (tertiary/aromatic N) is 3. The van der Waals surface area contributed by atoms with Crippen molar-refractivity contribution in [2.75, 3.05) is 32.7 Å². The van der Waals surface area contributed by atoms with E-state index in [1.165, 1.54) is 17.8 Å². The lowest BCUT2D eigenvalue weighted by molar-refractivity contribution is 0.0699. The number of aromatic nitrogens is 1. The van der Waals surface area contributed by atoms with Crippen molar-refractivity contribution in [1.82, 2.24) is 14.8 Å². The van der Waals surface area contributed by atoms with Crippen LogP contribution in [0.2, 0.25) is 0 Å². The van der Waals surface area contributed by atoms with Gasteiger partial charge in [-0.25, -0.2) is 9.78 Å². The Bertz CT molecular complexity index is 505. The maximum atomic E-state index is 11.4. The Hall–Kier alpha value is -0.980. The van der Waals surface area contributed by atoms with Gasteiger partial charge in [-0.1, -0.05) is 13.3 Å². The van der Waals surface area contributed by atoms with Gasteiger partial charge in [0, 0.05) is 32.1 Å². The molecule has 0 spiro atoms. The van der Waals surface area contributed by atoms with Gasteiger partial charge in [-0.05, 0) is 19.4 Å². The van der Waals surface area contributed by atoms with Gasteiger partial charge in [0.05, 0.1) is 12.2 Å². The molecule has 1 aliphatic carbocycles. The lowest BCUT2D eigenvalue weighted by atomic mass is 9.82. The number of carbonyl (C=O) groups is 1. The quantitative estimate of drug-likeness (QED) is 0.904. The van der Waals surface area contributed by atoms with Gasteiger partial charge in [0.1, 0.15) is 9.88 Å². The summed E-state index contributed by atoms with van der Waals surface area (Å²) >= 11 is 1.38. The van der Waals surface area contributed by atoms with Crippen LogP contribution in [-0.2, 0) is 6.54 Å². The average Bonchev–Trinajstić information content (AvgIpc) is 2.81. The predicted molar refractivity (Wildman–Crippen MR) is 83.1 cm³/mol. The van der Waals surface area contributed by atoms with Crippen molar-refractivity contribution >= 4 is 17.3 Å². The van der Waals surface area contributed by atoms with Crippen LogP contribution in [0, 0.1) is 0 Å². The Kier molecular flexibility index (Phi) is 4.57. The number of aromatic carboxylic acids is 1. The number of hydrogen-bond acceptors (Lipinski definition) is 5. The van der Waals surface area contributed by atoms with Crippen LogP contribution in [0.5, 0.6) is 0 Å². The minimum Gasteiger partial charge on any atom is -0.477 e. The first-order chi connectivity index (χ1) is 10.2. The molecule has 1 N–H and O–H groups in total. The van der Waals surface area contributed by atoms with Crippen molar-refractivity contribution in [3.8, 4) is 0 Å².